The van der Waals surface area contributed by atoms with Gasteiger partial charge in [0, 0.05) is 6.54 Å². The molecule has 5 nitrogen and oxygen atoms in total. The van der Waals surface area contributed by atoms with Crippen LogP contribution in [0.3, 0.4) is 0 Å². The molecule has 2 atom stereocenters. The highest BCUT2D eigenvalue weighted by Crippen LogP contribution is 2.41. The first-order valence-electron chi connectivity index (χ1n) is 15.8. The van der Waals surface area contributed by atoms with Crippen molar-refractivity contribution in [2.75, 3.05) is 13.2 Å². The summed E-state index contributed by atoms with van der Waals surface area (Å²) in [4.78, 5) is 15.5. The highest BCUT2D eigenvalue weighted by atomic mass is 16.6. The fourth-order valence-electron chi connectivity index (χ4n) is 5.73. The molecule has 0 heterocycles. The average molecular weight is 624 g/mol. The van der Waals surface area contributed by atoms with Crippen molar-refractivity contribution < 1.29 is 19.0 Å². The Labute approximate surface area is 278 Å². The first-order valence-corrected chi connectivity index (χ1v) is 15.8. The van der Waals surface area contributed by atoms with Gasteiger partial charge in [-0.1, -0.05) is 164 Å². The first-order chi connectivity index (χ1) is 23.2. The number of carbonyl (C=O) groups excluding carboxylic acids is 1. The van der Waals surface area contributed by atoms with Crippen LogP contribution in [0.25, 0.3) is 0 Å². The molecule has 0 unspecified atom stereocenters. The fourth-order valence-corrected chi connectivity index (χ4v) is 5.73. The summed E-state index contributed by atoms with van der Waals surface area (Å²) in [6, 6.07) is 49.4. The van der Waals surface area contributed by atoms with Crippen molar-refractivity contribution in [1.29, 1.82) is 0 Å². The molecule has 47 heavy (non-hydrogen) atoms. The second kappa shape index (κ2) is 16.9. The van der Waals surface area contributed by atoms with E-state index in [-0.39, 0.29) is 19.8 Å². The molecule has 0 bridgehead atoms. The van der Waals surface area contributed by atoms with Crippen LogP contribution < -0.4 is 0 Å². The maximum Gasteiger partial charge on any atom is 0.410 e. The van der Waals surface area contributed by atoms with Gasteiger partial charge in [-0.3, -0.25) is 4.90 Å². The Morgan fingerprint density at radius 2 is 1.06 bits per heavy atom. The zero-order valence-electron chi connectivity index (χ0n) is 26.6. The highest BCUT2D eigenvalue weighted by Gasteiger charge is 2.40. The van der Waals surface area contributed by atoms with Crippen LogP contribution in [0, 0.1) is 0 Å². The van der Waals surface area contributed by atoms with Gasteiger partial charge >= 0.3 is 6.09 Å². The number of nitrogens with zero attached hydrogens (tertiary/aromatic N) is 1. The van der Waals surface area contributed by atoms with Crippen LogP contribution in [0.1, 0.15) is 27.8 Å². The van der Waals surface area contributed by atoms with E-state index in [2.05, 4.69) is 49.6 Å². The molecular weight excluding hydrogens is 582 g/mol. The maximum absolute atomic E-state index is 13.9. The molecule has 0 saturated carbocycles. The minimum atomic E-state index is -0.999. The quantitative estimate of drug-likeness (QED) is 0.0813. The van der Waals surface area contributed by atoms with E-state index in [1.165, 1.54) is 0 Å². The third-order valence-electron chi connectivity index (χ3n) is 8.07. The standard InChI is InChI=1S/C42H41NO4/c1-3-30-43(41(44)46-32-35-22-12-6-13-23-35)39(40(4-2)45-31-34-20-10-5-11-21-34)33-47-42(36-24-14-7-15-25-36,37-26-16-8-17-27-37)38-28-18-9-19-29-38/h3-29,39-40H,1-2,30-33H2/t39-,40-/m0/s1. The number of ether oxygens (including phenoxy) is 3. The summed E-state index contributed by atoms with van der Waals surface area (Å²) in [7, 11) is 0. The van der Waals surface area contributed by atoms with Crippen molar-refractivity contribution in [3.8, 4) is 0 Å². The van der Waals surface area contributed by atoms with Crippen LogP contribution >= 0.6 is 0 Å². The van der Waals surface area contributed by atoms with E-state index in [1.54, 1.807) is 17.1 Å². The molecule has 5 heteroatoms. The van der Waals surface area contributed by atoms with Gasteiger partial charge in [-0.15, -0.1) is 13.2 Å². The van der Waals surface area contributed by atoms with Crippen LogP contribution in [0.2, 0.25) is 0 Å². The lowest BCUT2D eigenvalue weighted by Crippen LogP contribution is -2.51. The summed E-state index contributed by atoms with van der Waals surface area (Å²) >= 11 is 0. The van der Waals surface area contributed by atoms with E-state index in [0.29, 0.717) is 6.61 Å². The molecule has 5 rings (SSSR count). The normalized spacial score (nSPS) is 12.4. The molecule has 1 amide bonds. The van der Waals surface area contributed by atoms with Crippen molar-refractivity contribution >= 4 is 6.09 Å². The molecule has 0 N–H and O–H groups in total. The molecule has 0 aliphatic carbocycles. The predicted molar refractivity (Wildman–Crippen MR) is 188 cm³/mol. The summed E-state index contributed by atoms with van der Waals surface area (Å²) < 4.78 is 19.6. The number of hydrogen-bond donors (Lipinski definition) is 0. The molecule has 238 valence electrons. The number of amides is 1. The summed E-state index contributed by atoms with van der Waals surface area (Å²) in [6.07, 6.45) is 2.32. The molecule has 0 radical (unpaired) electrons. The van der Waals surface area contributed by atoms with Crippen LogP contribution in [-0.2, 0) is 33.0 Å². The van der Waals surface area contributed by atoms with Crippen LogP contribution in [-0.4, -0.2) is 36.3 Å². The largest absolute Gasteiger partial charge is 0.445 e. The first kappa shape index (κ1) is 33.1. The van der Waals surface area contributed by atoms with E-state index in [4.69, 9.17) is 14.2 Å². The van der Waals surface area contributed by atoms with Crippen molar-refractivity contribution in [2.45, 2.75) is 31.0 Å². The second-order valence-corrected chi connectivity index (χ2v) is 11.1. The van der Waals surface area contributed by atoms with Gasteiger partial charge < -0.3 is 14.2 Å². The Balaban J connectivity index is 1.55. The van der Waals surface area contributed by atoms with E-state index in [1.807, 2.05) is 115 Å². The summed E-state index contributed by atoms with van der Waals surface area (Å²) in [5.74, 6) is 0. The van der Waals surface area contributed by atoms with Crippen LogP contribution in [0.5, 0.6) is 0 Å². The summed E-state index contributed by atoms with van der Waals surface area (Å²) in [5.41, 5.74) is 3.77. The molecule has 0 saturated heterocycles. The van der Waals surface area contributed by atoms with E-state index >= 15 is 0 Å². The van der Waals surface area contributed by atoms with Crippen molar-refractivity contribution in [2.24, 2.45) is 0 Å². The van der Waals surface area contributed by atoms with Gasteiger partial charge in [-0.05, 0) is 27.8 Å². The summed E-state index contributed by atoms with van der Waals surface area (Å²) in [6.45, 7) is 8.86. The smallest absolute Gasteiger partial charge is 0.410 e. The van der Waals surface area contributed by atoms with Gasteiger partial charge in [0.15, 0.2) is 0 Å². The van der Waals surface area contributed by atoms with Gasteiger partial charge in [0.2, 0.25) is 0 Å². The molecule has 0 aliphatic rings. The lowest BCUT2D eigenvalue weighted by Gasteiger charge is -2.40. The Bertz CT molecular complexity index is 1560. The Kier molecular flexibility index (Phi) is 11.9. The molecule has 0 fully saturated rings. The molecular formula is C42H41NO4. The number of carbonyl (C=O) groups is 1. The highest BCUT2D eigenvalue weighted by molar-refractivity contribution is 5.68. The van der Waals surface area contributed by atoms with E-state index in [0.717, 1.165) is 27.8 Å². The number of rotatable bonds is 16. The Morgan fingerprint density at radius 1 is 0.638 bits per heavy atom. The topological polar surface area (TPSA) is 48.0 Å². The van der Waals surface area contributed by atoms with E-state index in [9.17, 15) is 4.79 Å². The van der Waals surface area contributed by atoms with Crippen molar-refractivity contribution in [3.05, 3.63) is 205 Å². The number of hydrogen-bond acceptors (Lipinski definition) is 4. The van der Waals surface area contributed by atoms with Gasteiger partial charge in [-0.25, -0.2) is 4.79 Å². The van der Waals surface area contributed by atoms with Crippen LogP contribution in [0.15, 0.2) is 177 Å². The molecule has 0 aromatic heterocycles. The van der Waals surface area contributed by atoms with E-state index < -0.39 is 23.8 Å². The fraction of sp³-hybridized carbons (Fsp3) is 0.167. The monoisotopic (exact) mass is 623 g/mol. The second-order valence-electron chi connectivity index (χ2n) is 11.1. The van der Waals surface area contributed by atoms with Gasteiger partial charge in [0.05, 0.1) is 25.4 Å². The average Bonchev–Trinajstić information content (AvgIpc) is 3.14. The molecule has 5 aromatic rings. The third-order valence-corrected chi connectivity index (χ3v) is 8.07. The van der Waals surface area contributed by atoms with Crippen LogP contribution in [0.4, 0.5) is 4.79 Å². The lowest BCUT2D eigenvalue weighted by atomic mass is 9.80. The van der Waals surface area contributed by atoms with Crippen molar-refractivity contribution in [3.63, 3.8) is 0 Å². The SMILES string of the molecule is C=CCN(C(=O)OCc1ccccc1)[C@@H](COC(c1ccccc1)(c1ccccc1)c1ccccc1)[C@H](C=C)OCc1ccccc1. The Hall–Kier alpha value is -5.23. The summed E-state index contributed by atoms with van der Waals surface area (Å²) in [5, 5.41) is 0. The predicted octanol–water partition coefficient (Wildman–Crippen LogP) is 8.96. The van der Waals surface area contributed by atoms with Gasteiger partial charge in [0.25, 0.3) is 0 Å². The minimum absolute atomic E-state index is 0.0957. The molecule has 5 aromatic carbocycles. The zero-order valence-corrected chi connectivity index (χ0v) is 26.6. The molecule has 0 aliphatic heterocycles. The van der Waals surface area contributed by atoms with Gasteiger partial charge in [0.1, 0.15) is 12.2 Å². The van der Waals surface area contributed by atoms with Crippen molar-refractivity contribution in [1.82, 2.24) is 4.90 Å². The van der Waals surface area contributed by atoms with Gasteiger partial charge in [-0.2, -0.15) is 0 Å². The Morgan fingerprint density at radius 3 is 1.49 bits per heavy atom. The third kappa shape index (κ3) is 8.33. The molecule has 0 spiro atoms. The zero-order chi connectivity index (χ0) is 32.7. The lowest BCUT2D eigenvalue weighted by molar-refractivity contribution is -0.0638. The number of benzene rings is 5. The maximum atomic E-state index is 13.9. The minimum Gasteiger partial charge on any atom is -0.445 e.